The molecule has 2 aromatic carbocycles. The summed E-state index contributed by atoms with van der Waals surface area (Å²) in [5, 5.41) is 3.12. The zero-order valence-electron chi connectivity index (χ0n) is 17.7. The van der Waals surface area contributed by atoms with Crippen molar-refractivity contribution in [2.24, 2.45) is 5.92 Å². The minimum Gasteiger partial charge on any atom is -0.497 e. The van der Waals surface area contributed by atoms with Crippen LogP contribution in [-0.4, -0.2) is 50.1 Å². The number of likely N-dealkylation sites (tertiary alicyclic amines) is 1. The third-order valence-electron chi connectivity index (χ3n) is 6.01. The topological polar surface area (TPSA) is 67.9 Å². The van der Waals surface area contributed by atoms with Gasteiger partial charge in [-0.2, -0.15) is 0 Å². The third-order valence-corrected chi connectivity index (χ3v) is 6.01. The van der Waals surface area contributed by atoms with E-state index in [1.807, 2.05) is 49.4 Å². The molecule has 1 saturated heterocycles. The highest BCUT2D eigenvalue weighted by molar-refractivity contribution is 5.95. The maximum Gasteiger partial charge on any atom is 0.253 e. The van der Waals surface area contributed by atoms with Crippen LogP contribution in [0.4, 0.5) is 0 Å². The van der Waals surface area contributed by atoms with E-state index in [0.29, 0.717) is 30.2 Å². The lowest BCUT2D eigenvalue weighted by Gasteiger charge is -2.21. The number of aryl methyl sites for hydroxylation is 1. The highest BCUT2D eigenvalue weighted by atomic mass is 16.5. The molecule has 6 nitrogen and oxygen atoms in total. The van der Waals surface area contributed by atoms with Crippen molar-refractivity contribution >= 4 is 11.8 Å². The summed E-state index contributed by atoms with van der Waals surface area (Å²) in [4.78, 5) is 28.0. The molecule has 0 unspecified atom stereocenters. The molecule has 2 fully saturated rings. The van der Waals surface area contributed by atoms with Crippen molar-refractivity contribution in [2.45, 2.75) is 31.7 Å². The number of benzene rings is 2. The molecular weight excluding hydrogens is 380 g/mol. The Morgan fingerprint density at radius 3 is 2.37 bits per heavy atom. The number of nitrogens with zero attached hydrogens (tertiary/aromatic N) is 1. The Bertz CT molecular complexity index is 937. The zero-order valence-corrected chi connectivity index (χ0v) is 17.7. The van der Waals surface area contributed by atoms with Crippen molar-refractivity contribution in [3.05, 3.63) is 59.2 Å². The number of hydrogen-bond donors (Lipinski definition) is 1. The molecule has 2 aliphatic rings. The van der Waals surface area contributed by atoms with Gasteiger partial charge >= 0.3 is 0 Å². The van der Waals surface area contributed by atoms with E-state index in [1.54, 1.807) is 19.1 Å². The lowest BCUT2D eigenvalue weighted by Crippen LogP contribution is -2.36. The van der Waals surface area contributed by atoms with Gasteiger partial charge in [-0.1, -0.05) is 23.8 Å². The number of amides is 2. The van der Waals surface area contributed by atoms with Crippen LogP contribution in [0.2, 0.25) is 0 Å². The van der Waals surface area contributed by atoms with E-state index in [2.05, 4.69) is 5.32 Å². The van der Waals surface area contributed by atoms with Crippen LogP contribution in [0.3, 0.4) is 0 Å². The van der Waals surface area contributed by atoms with Gasteiger partial charge in [0, 0.05) is 42.2 Å². The maximum atomic E-state index is 13.1. The van der Waals surface area contributed by atoms with Crippen molar-refractivity contribution in [1.82, 2.24) is 10.2 Å². The van der Waals surface area contributed by atoms with Crippen molar-refractivity contribution in [3.8, 4) is 11.5 Å². The van der Waals surface area contributed by atoms with Gasteiger partial charge in [0.1, 0.15) is 11.5 Å². The molecule has 4 rings (SSSR count). The molecule has 0 aromatic heterocycles. The standard InChI is InChI=1S/C24H28N2O4/c1-15-4-6-16(7-5-15)24(28)26-13-20(21(14-26)23(27)25-17-8-9-17)19-11-10-18(29-2)12-22(19)30-3/h4-7,10-12,17,20-21H,8-9,13-14H2,1-3H3,(H,25,27)/t20-,21+/m0/s1. The molecule has 1 saturated carbocycles. The molecule has 0 radical (unpaired) electrons. The fourth-order valence-corrected chi connectivity index (χ4v) is 4.09. The third kappa shape index (κ3) is 4.13. The summed E-state index contributed by atoms with van der Waals surface area (Å²) < 4.78 is 10.9. The van der Waals surface area contributed by atoms with Crippen LogP contribution in [0, 0.1) is 12.8 Å². The lowest BCUT2D eigenvalue weighted by molar-refractivity contribution is -0.125. The van der Waals surface area contributed by atoms with E-state index < -0.39 is 0 Å². The van der Waals surface area contributed by atoms with Gasteiger partial charge in [-0.05, 0) is 38.0 Å². The minimum atomic E-state index is -0.317. The van der Waals surface area contributed by atoms with Crippen LogP contribution in [0.25, 0.3) is 0 Å². The molecule has 1 aliphatic heterocycles. The number of ether oxygens (including phenoxy) is 2. The number of methoxy groups -OCH3 is 2. The van der Waals surface area contributed by atoms with Gasteiger partial charge in [0.15, 0.2) is 0 Å². The Kier molecular flexibility index (Phi) is 5.66. The smallest absolute Gasteiger partial charge is 0.253 e. The lowest BCUT2D eigenvalue weighted by atomic mass is 9.87. The molecule has 2 aromatic rings. The summed E-state index contributed by atoms with van der Waals surface area (Å²) in [5.41, 5.74) is 2.67. The molecule has 6 heteroatoms. The van der Waals surface area contributed by atoms with Gasteiger partial charge in [-0.15, -0.1) is 0 Å². The van der Waals surface area contributed by atoms with Gasteiger partial charge in [0.25, 0.3) is 5.91 Å². The molecule has 0 bridgehead atoms. The van der Waals surface area contributed by atoms with Gasteiger partial charge < -0.3 is 19.7 Å². The van der Waals surface area contributed by atoms with E-state index in [1.165, 1.54) is 0 Å². The predicted molar refractivity (Wildman–Crippen MR) is 114 cm³/mol. The van der Waals surface area contributed by atoms with Crippen LogP contribution in [0.15, 0.2) is 42.5 Å². The first-order valence-corrected chi connectivity index (χ1v) is 10.4. The van der Waals surface area contributed by atoms with E-state index in [-0.39, 0.29) is 29.7 Å². The van der Waals surface area contributed by atoms with E-state index >= 15 is 0 Å². The Morgan fingerprint density at radius 1 is 1.00 bits per heavy atom. The normalized spacial score (nSPS) is 20.7. The van der Waals surface area contributed by atoms with Gasteiger partial charge in [0.05, 0.1) is 20.1 Å². The van der Waals surface area contributed by atoms with Gasteiger partial charge in [-0.3, -0.25) is 9.59 Å². The summed E-state index contributed by atoms with van der Waals surface area (Å²) in [5.74, 6) is 0.878. The molecular formula is C24H28N2O4. The first kappa shape index (κ1) is 20.3. The molecule has 1 aliphatic carbocycles. The Morgan fingerprint density at radius 2 is 1.73 bits per heavy atom. The summed E-state index contributed by atoms with van der Waals surface area (Å²) >= 11 is 0. The van der Waals surface area contributed by atoms with Gasteiger partial charge in [0.2, 0.25) is 5.91 Å². The molecule has 0 spiro atoms. The Hall–Kier alpha value is -3.02. The monoisotopic (exact) mass is 408 g/mol. The van der Waals surface area contributed by atoms with Crippen molar-refractivity contribution in [3.63, 3.8) is 0 Å². The highest BCUT2D eigenvalue weighted by Gasteiger charge is 2.43. The molecule has 2 amide bonds. The summed E-state index contributed by atoms with van der Waals surface area (Å²) in [6.45, 7) is 2.86. The van der Waals surface area contributed by atoms with Crippen LogP contribution < -0.4 is 14.8 Å². The van der Waals surface area contributed by atoms with Crippen LogP contribution in [0.1, 0.15) is 40.2 Å². The number of carbonyl (C=O) groups excluding carboxylic acids is 2. The van der Waals surface area contributed by atoms with Gasteiger partial charge in [-0.25, -0.2) is 0 Å². The van der Waals surface area contributed by atoms with E-state index in [9.17, 15) is 9.59 Å². The minimum absolute atomic E-state index is 0.0135. The summed E-state index contributed by atoms with van der Waals surface area (Å²) in [6, 6.07) is 13.5. The molecule has 1 N–H and O–H groups in total. The first-order chi connectivity index (χ1) is 14.5. The number of hydrogen-bond acceptors (Lipinski definition) is 4. The highest BCUT2D eigenvalue weighted by Crippen LogP contribution is 2.40. The summed E-state index contributed by atoms with van der Waals surface area (Å²) in [7, 11) is 3.22. The SMILES string of the molecule is COc1ccc([C@@H]2CN(C(=O)c3ccc(C)cc3)C[C@H]2C(=O)NC2CC2)c(OC)c1. The number of nitrogens with one attached hydrogen (secondary N) is 1. The Labute approximate surface area is 177 Å². The van der Waals surface area contributed by atoms with Crippen molar-refractivity contribution < 1.29 is 19.1 Å². The average molecular weight is 408 g/mol. The largest absolute Gasteiger partial charge is 0.497 e. The average Bonchev–Trinajstić information content (AvgIpc) is 3.47. The van der Waals surface area contributed by atoms with Crippen LogP contribution in [0.5, 0.6) is 11.5 Å². The fraction of sp³-hybridized carbons (Fsp3) is 0.417. The molecule has 1 heterocycles. The van der Waals surface area contributed by atoms with Crippen molar-refractivity contribution in [1.29, 1.82) is 0 Å². The second-order valence-electron chi connectivity index (χ2n) is 8.18. The second-order valence-corrected chi connectivity index (χ2v) is 8.18. The van der Waals surface area contributed by atoms with Crippen molar-refractivity contribution in [2.75, 3.05) is 27.3 Å². The quantitative estimate of drug-likeness (QED) is 0.797. The molecule has 158 valence electrons. The van der Waals surface area contributed by atoms with E-state index in [0.717, 1.165) is 24.0 Å². The Balaban J connectivity index is 1.63. The van der Waals surface area contributed by atoms with Crippen LogP contribution >= 0.6 is 0 Å². The second kappa shape index (κ2) is 8.38. The zero-order chi connectivity index (χ0) is 21.3. The summed E-state index contributed by atoms with van der Waals surface area (Å²) in [6.07, 6.45) is 2.06. The maximum absolute atomic E-state index is 13.1. The number of rotatable bonds is 6. The number of carbonyl (C=O) groups is 2. The fourth-order valence-electron chi connectivity index (χ4n) is 4.09. The molecule has 30 heavy (non-hydrogen) atoms. The molecule has 2 atom stereocenters. The van der Waals surface area contributed by atoms with E-state index in [4.69, 9.17) is 9.47 Å². The first-order valence-electron chi connectivity index (χ1n) is 10.4. The predicted octanol–water partition coefficient (Wildman–Crippen LogP) is 3.15. The van der Waals surface area contributed by atoms with Crippen LogP contribution in [-0.2, 0) is 4.79 Å².